The molecule has 1 fully saturated rings. The molecule has 0 aromatic carbocycles. The van der Waals surface area contributed by atoms with E-state index in [-0.39, 0.29) is 17.4 Å². The second-order valence-corrected chi connectivity index (χ2v) is 6.95. The minimum Gasteiger partial charge on any atom is -0.396 e. The van der Waals surface area contributed by atoms with Crippen LogP contribution in [-0.4, -0.2) is 34.5 Å². The molecule has 7 heteroatoms. The Morgan fingerprint density at radius 2 is 2.00 bits per heavy atom. The summed E-state index contributed by atoms with van der Waals surface area (Å²) >= 11 is 0. The van der Waals surface area contributed by atoms with E-state index in [9.17, 15) is 8.42 Å². The van der Waals surface area contributed by atoms with Gasteiger partial charge in [-0.05, 0) is 25.0 Å². The predicted molar refractivity (Wildman–Crippen MR) is 68.0 cm³/mol. The Hall–Kier alpha value is -1.63. The molecular weight excluding hydrogens is 252 g/mol. The number of nitrogens with two attached hydrogens (primary N) is 1. The molecule has 0 atom stereocenters. The lowest BCUT2D eigenvalue weighted by atomic mass is 10.0. The van der Waals surface area contributed by atoms with Crippen LogP contribution in [0.25, 0.3) is 5.65 Å². The molecular formula is C11H14N4O2S. The maximum absolute atomic E-state index is 11.4. The van der Waals surface area contributed by atoms with Gasteiger partial charge in [0, 0.05) is 12.1 Å². The molecule has 2 aromatic rings. The number of nitrogen functional groups attached to an aromatic ring is 1. The average Bonchev–Trinajstić information content (AvgIpc) is 2.74. The second kappa shape index (κ2) is 3.94. The Morgan fingerprint density at radius 3 is 2.72 bits per heavy atom. The van der Waals surface area contributed by atoms with Crippen LogP contribution in [0.4, 0.5) is 5.69 Å². The first-order chi connectivity index (χ1) is 8.57. The van der Waals surface area contributed by atoms with Gasteiger partial charge in [-0.1, -0.05) is 0 Å². The maximum atomic E-state index is 11.4. The van der Waals surface area contributed by atoms with Gasteiger partial charge in [0.05, 0.1) is 17.2 Å². The van der Waals surface area contributed by atoms with Crippen LogP contribution >= 0.6 is 0 Å². The summed E-state index contributed by atoms with van der Waals surface area (Å²) in [6.07, 6.45) is 3.08. The number of nitrogens with zero attached hydrogens (tertiary/aromatic N) is 3. The molecule has 2 N–H and O–H groups in total. The van der Waals surface area contributed by atoms with Crippen LogP contribution < -0.4 is 5.73 Å². The van der Waals surface area contributed by atoms with Crippen molar-refractivity contribution in [2.75, 3.05) is 17.2 Å². The second-order valence-electron chi connectivity index (χ2n) is 4.64. The fourth-order valence-electron chi connectivity index (χ4n) is 2.38. The summed E-state index contributed by atoms with van der Waals surface area (Å²) in [5.74, 6) is 1.42. The molecule has 6 nitrogen and oxygen atoms in total. The third-order valence-electron chi connectivity index (χ3n) is 3.41. The van der Waals surface area contributed by atoms with Crippen molar-refractivity contribution >= 4 is 21.2 Å². The molecule has 1 saturated heterocycles. The van der Waals surface area contributed by atoms with Gasteiger partial charge >= 0.3 is 0 Å². The summed E-state index contributed by atoms with van der Waals surface area (Å²) in [6, 6.07) is 3.62. The molecule has 0 amide bonds. The van der Waals surface area contributed by atoms with Gasteiger partial charge in [-0.15, -0.1) is 10.2 Å². The predicted octanol–water partition coefficient (Wildman–Crippen LogP) is 0.604. The average molecular weight is 266 g/mol. The zero-order chi connectivity index (χ0) is 12.8. The van der Waals surface area contributed by atoms with Crippen molar-refractivity contribution in [2.45, 2.75) is 18.8 Å². The van der Waals surface area contributed by atoms with Gasteiger partial charge in [0.15, 0.2) is 5.65 Å². The van der Waals surface area contributed by atoms with Crippen LogP contribution in [0.2, 0.25) is 0 Å². The summed E-state index contributed by atoms with van der Waals surface area (Å²) in [7, 11) is -2.85. The van der Waals surface area contributed by atoms with Crippen LogP contribution in [0, 0.1) is 0 Å². The largest absolute Gasteiger partial charge is 0.396 e. The highest BCUT2D eigenvalue weighted by Gasteiger charge is 2.27. The van der Waals surface area contributed by atoms with E-state index in [1.165, 1.54) is 0 Å². The van der Waals surface area contributed by atoms with Crippen molar-refractivity contribution in [3.05, 3.63) is 24.2 Å². The quantitative estimate of drug-likeness (QED) is 0.816. The number of aromatic nitrogens is 3. The summed E-state index contributed by atoms with van der Waals surface area (Å²) in [5, 5.41) is 8.23. The molecule has 0 radical (unpaired) electrons. The number of anilines is 1. The standard InChI is InChI=1S/C11H14N4O2S/c12-9-2-1-5-15-10(13-14-11(9)15)8-3-6-18(16,17)7-4-8/h1-2,5,8H,3-4,6-7,12H2. The van der Waals surface area contributed by atoms with E-state index in [0.29, 0.717) is 24.2 Å². The summed E-state index contributed by atoms with van der Waals surface area (Å²) < 4.78 is 24.7. The van der Waals surface area contributed by atoms with E-state index in [1.54, 1.807) is 6.07 Å². The van der Waals surface area contributed by atoms with Gasteiger partial charge < -0.3 is 5.73 Å². The molecule has 96 valence electrons. The molecule has 0 bridgehead atoms. The highest BCUT2D eigenvalue weighted by molar-refractivity contribution is 7.91. The van der Waals surface area contributed by atoms with Crippen LogP contribution in [0.3, 0.4) is 0 Å². The number of fused-ring (bicyclic) bond motifs is 1. The topological polar surface area (TPSA) is 90.3 Å². The Balaban J connectivity index is 1.99. The number of hydrogen-bond acceptors (Lipinski definition) is 5. The molecule has 0 aliphatic carbocycles. The van der Waals surface area contributed by atoms with Crippen molar-refractivity contribution in [2.24, 2.45) is 0 Å². The summed E-state index contributed by atoms with van der Waals surface area (Å²) in [4.78, 5) is 0. The highest BCUT2D eigenvalue weighted by atomic mass is 32.2. The Labute approximate surface area is 105 Å². The molecule has 1 aliphatic rings. The number of hydrogen-bond donors (Lipinski definition) is 1. The fraction of sp³-hybridized carbons (Fsp3) is 0.455. The minimum atomic E-state index is -2.85. The van der Waals surface area contributed by atoms with E-state index in [0.717, 1.165) is 5.82 Å². The first kappa shape index (κ1) is 11.5. The van der Waals surface area contributed by atoms with Gasteiger partial charge in [-0.3, -0.25) is 4.40 Å². The minimum absolute atomic E-state index is 0.144. The lowest BCUT2D eigenvalue weighted by Gasteiger charge is -2.20. The summed E-state index contributed by atoms with van der Waals surface area (Å²) in [6.45, 7) is 0. The van der Waals surface area contributed by atoms with Crippen molar-refractivity contribution in [1.29, 1.82) is 0 Å². The smallest absolute Gasteiger partial charge is 0.183 e. The molecule has 0 spiro atoms. The Kier molecular flexibility index (Phi) is 2.51. The van der Waals surface area contributed by atoms with Gasteiger partial charge in [-0.25, -0.2) is 8.42 Å². The zero-order valence-corrected chi connectivity index (χ0v) is 10.6. The normalized spacial score (nSPS) is 20.2. The first-order valence-electron chi connectivity index (χ1n) is 5.86. The van der Waals surface area contributed by atoms with Crippen molar-refractivity contribution < 1.29 is 8.42 Å². The third kappa shape index (κ3) is 1.84. The number of sulfone groups is 1. The molecule has 1 aliphatic heterocycles. The molecule has 2 aromatic heterocycles. The van der Waals surface area contributed by atoms with Crippen LogP contribution in [0.1, 0.15) is 24.6 Å². The van der Waals surface area contributed by atoms with Crippen molar-refractivity contribution in [1.82, 2.24) is 14.6 Å². The Morgan fingerprint density at radius 1 is 1.28 bits per heavy atom. The van der Waals surface area contributed by atoms with Gasteiger partial charge in [0.25, 0.3) is 0 Å². The maximum Gasteiger partial charge on any atom is 0.183 e. The molecule has 3 heterocycles. The highest BCUT2D eigenvalue weighted by Crippen LogP contribution is 2.28. The van der Waals surface area contributed by atoms with E-state index in [1.807, 2.05) is 16.7 Å². The molecule has 0 saturated carbocycles. The lowest BCUT2D eigenvalue weighted by Crippen LogP contribution is -2.23. The SMILES string of the molecule is Nc1cccn2c(C3CCS(=O)(=O)CC3)nnc12. The monoisotopic (exact) mass is 266 g/mol. The molecule has 3 rings (SSSR count). The third-order valence-corrected chi connectivity index (χ3v) is 5.13. The van der Waals surface area contributed by atoms with Crippen molar-refractivity contribution in [3.8, 4) is 0 Å². The molecule has 18 heavy (non-hydrogen) atoms. The van der Waals surface area contributed by atoms with Crippen LogP contribution in [-0.2, 0) is 9.84 Å². The Bertz CT molecular complexity index is 678. The summed E-state index contributed by atoms with van der Waals surface area (Å²) in [5.41, 5.74) is 7.05. The lowest BCUT2D eigenvalue weighted by molar-refractivity contribution is 0.534. The van der Waals surface area contributed by atoms with Gasteiger partial charge in [-0.2, -0.15) is 0 Å². The fourth-order valence-corrected chi connectivity index (χ4v) is 3.87. The van der Waals surface area contributed by atoms with Crippen LogP contribution in [0.15, 0.2) is 18.3 Å². The van der Waals surface area contributed by atoms with E-state index in [4.69, 9.17) is 5.73 Å². The van der Waals surface area contributed by atoms with E-state index in [2.05, 4.69) is 10.2 Å². The van der Waals surface area contributed by atoms with Gasteiger partial charge in [0.2, 0.25) is 0 Å². The van der Waals surface area contributed by atoms with Crippen molar-refractivity contribution in [3.63, 3.8) is 0 Å². The first-order valence-corrected chi connectivity index (χ1v) is 7.68. The number of pyridine rings is 1. The van der Waals surface area contributed by atoms with Crippen LogP contribution in [0.5, 0.6) is 0 Å². The van der Waals surface area contributed by atoms with E-state index < -0.39 is 9.84 Å². The van der Waals surface area contributed by atoms with Gasteiger partial charge in [0.1, 0.15) is 15.7 Å². The van der Waals surface area contributed by atoms with E-state index >= 15 is 0 Å². The number of rotatable bonds is 1. The molecule has 0 unspecified atom stereocenters. The zero-order valence-electron chi connectivity index (χ0n) is 9.78.